The zero-order chi connectivity index (χ0) is 20.0. The van der Waals surface area contributed by atoms with E-state index in [9.17, 15) is 9.59 Å². The van der Waals surface area contributed by atoms with E-state index in [1.165, 1.54) is 4.90 Å². The Kier molecular flexibility index (Phi) is 6.45. The lowest BCUT2D eigenvalue weighted by atomic mass is 10.1. The number of ether oxygens (including phenoxy) is 2. The number of methoxy groups -OCH3 is 1. The van der Waals surface area contributed by atoms with Crippen molar-refractivity contribution in [3.8, 4) is 5.75 Å². The molecule has 0 atom stereocenters. The summed E-state index contributed by atoms with van der Waals surface area (Å²) in [5.74, 6) is 0.481. The highest BCUT2D eigenvalue weighted by molar-refractivity contribution is 6.04. The molecule has 1 N–H and O–H groups in total. The van der Waals surface area contributed by atoms with Crippen LogP contribution in [-0.2, 0) is 11.3 Å². The number of nitrogens with zero attached hydrogens (tertiary/aromatic N) is 1. The first kappa shape index (κ1) is 20.3. The molecular weight excluding hydrogens is 344 g/mol. The van der Waals surface area contributed by atoms with Gasteiger partial charge in [0.05, 0.1) is 7.11 Å². The smallest absolute Gasteiger partial charge is 0.410 e. The Morgan fingerprint density at radius 2 is 1.74 bits per heavy atom. The Balaban J connectivity index is 2.01. The molecular formula is C21H26N2O4. The molecule has 6 heteroatoms. The average molecular weight is 370 g/mol. The summed E-state index contributed by atoms with van der Waals surface area (Å²) in [6.07, 6.45) is -0.393. The van der Waals surface area contributed by atoms with Gasteiger partial charge in [0.25, 0.3) is 5.91 Å². The van der Waals surface area contributed by atoms with Crippen molar-refractivity contribution in [2.75, 3.05) is 19.5 Å². The van der Waals surface area contributed by atoms with Gasteiger partial charge in [-0.3, -0.25) is 4.79 Å². The van der Waals surface area contributed by atoms with Crippen LogP contribution in [-0.4, -0.2) is 36.7 Å². The van der Waals surface area contributed by atoms with Gasteiger partial charge in [-0.15, -0.1) is 0 Å². The predicted octanol–water partition coefficient (Wildman–Crippen LogP) is 4.31. The fraction of sp³-hybridized carbons (Fsp3) is 0.333. The van der Waals surface area contributed by atoms with Gasteiger partial charge in [-0.25, -0.2) is 4.79 Å². The SMILES string of the molecule is COc1ccc(C(=O)Nc2cccc(CN(C)C(=O)OC(C)(C)C)c2)cc1. The van der Waals surface area contributed by atoms with Gasteiger partial charge in [0, 0.05) is 24.8 Å². The second kappa shape index (κ2) is 8.58. The Morgan fingerprint density at radius 3 is 2.33 bits per heavy atom. The highest BCUT2D eigenvalue weighted by atomic mass is 16.6. The second-order valence-electron chi connectivity index (χ2n) is 7.22. The molecule has 0 unspecified atom stereocenters. The molecule has 27 heavy (non-hydrogen) atoms. The minimum Gasteiger partial charge on any atom is -0.497 e. The van der Waals surface area contributed by atoms with Crippen LogP contribution in [0.15, 0.2) is 48.5 Å². The molecule has 2 aromatic carbocycles. The average Bonchev–Trinajstić information content (AvgIpc) is 2.60. The quantitative estimate of drug-likeness (QED) is 0.851. The molecule has 0 saturated heterocycles. The molecule has 0 aliphatic carbocycles. The Morgan fingerprint density at radius 1 is 1.07 bits per heavy atom. The Hall–Kier alpha value is -3.02. The maximum atomic E-state index is 12.4. The molecule has 0 aromatic heterocycles. The number of nitrogens with one attached hydrogen (secondary N) is 1. The van der Waals surface area contributed by atoms with Gasteiger partial charge in [-0.1, -0.05) is 12.1 Å². The lowest BCUT2D eigenvalue weighted by Gasteiger charge is -2.24. The lowest BCUT2D eigenvalue weighted by molar-refractivity contribution is 0.0285. The highest BCUT2D eigenvalue weighted by Gasteiger charge is 2.19. The molecule has 2 rings (SSSR count). The van der Waals surface area contributed by atoms with Crippen LogP contribution in [0.4, 0.5) is 10.5 Å². The third-order valence-corrected chi connectivity index (χ3v) is 3.66. The fourth-order valence-corrected chi connectivity index (χ4v) is 2.37. The minimum atomic E-state index is -0.542. The number of carbonyl (C=O) groups is 2. The zero-order valence-corrected chi connectivity index (χ0v) is 16.4. The van der Waals surface area contributed by atoms with Crippen LogP contribution in [0.25, 0.3) is 0 Å². The summed E-state index contributed by atoms with van der Waals surface area (Å²) >= 11 is 0. The van der Waals surface area contributed by atoms with E-state index >= 15 is 0 Å². The van der Waals surface area contributed by atoms with Crippen molar-refractivity contribution in [3.63, 3.8) is 0 Å². The normalized spacial score (nSPS) is 10.9. The summed E-state index contributed by atoms with van der Waals surface area (Å²) in [7, 11) is 3.26. The van der Waals surface area contributed by atoms with Crippen molar-refractivity contribution in [3.05, 3.63) is 59.7 Å². The van der Waals surface area contributed by atoms with Crippen LogP contribution in [0.3, 0.4) is 0 Å². The molecule has 0 saturated carbocycles. The topological polar surface area (TPSA) is 67.9 Å². The summed E-state index contributed by atoms with van der Waals surface area (Å²) in [6.45, 7) is 5.86. The van der Waals surface area contributed by atoms with Crippen LogP contribution in [0.5, 0.6) is 5.75 Å². The molecule has 0 aliphatic rings. The molecule has 0 heterocycles. The van der Waals surface area contributed by atoms with E-state index in [1.54, 1.807) is 44.5 Å². The summed E-state index contributed by atoms with van der Waals surface area (Å²) in [4.78, 5) is 26.0. The van der Waals surface area contributed by atoms with Gasteiger partial charge in [-0.2, -0.15) is 0 Å². The standard InChI is InChI=1S/C21H26N2O4/c1-21(2,3)27-20(25)23(4)14-15-7-6-8-17(13-15)22-19(24)16-9-11-18(26-5)12-10-16/h6-13H,14H2,1-5H3,(H,22,24). The number of rotatable bonds is 5. The minimum absolute atomic E-state index is 0.213. The van der Waals surface area contributed by atoms with Gasteiger partial charge in [0.1, 0.15) is 11.4 Å². The van der Waals surface area contributed by atoms with Crippen molar-refractivity contribution in [2.24, 2.45) is 0 Å². The number of hydrogen-bond acceptors (Lipinski definition) is 4. The molecule has 6 nitrogen and oxygen atoms in total. The van der Waals surface area contributed by atoms with Gasteiger partial charge in [0.15, 0.2) is 0 Å². The number of hydrogen-bond donors (Lipinski definition) is 1. The monoisotopic (exact) mass is 370 g/mol. The van der Waals surface area contributed by atoms with Gasteiger partial charge < -0.3 is 19.7 Å². The Labute approximate surface area is 160 Å². The van der Waals surface area contributed by atoms with E-state index in [0.29, 0.717) is 23.5 Å². The summed E-state index contributed by atoms with van der Waals surface area (Å²) in [5, 5.41) is 2.86. The number of anilines is 1. The van der Waals surface area contributed by atoms with Crippen molar-refractivity contribution in [2.45, 2.75) is 32.9 Å². The van der Waals surface area contributed by atoms with E-state index in [1.807, 2.05) is 39.0 Å². The summed E-state index contributed by atoms with van der Waals surface area (Å²) in [5.41, 5.74) is 1.54. The van der Waals surface area contributed by atoms with Crippen LogP contribution >= 0.6 is 0 Å². The molecule has 2 amide bonds. The van der Waals surface area contributed by atoms with Crippen molar-refractivity contribution < 1.29 is 19.1 Å². The molecule has 0 bridgehead atoms. The summed E-state index contributed by atoms with van der Waals surface area (Å²) in [6, 6.07) is 14.2. The van der Waals surface area contributed by atoms with E-state index in [2.05, 4.69) is 5.32 Å². The first-order valence-electron chi connectivity index (χ1n) is 8.66. The van der Waals surface area contributed by atoms with E-state index in [-0.39, 0.29) is 5.91 Å². The first-order valence-corrected chi connectivity index (χ1v) is 8.66. The fourth-order valence-electron chi connectivity index (χ4n) is 2.37. The zero-order valence-electron chi connectivity index (χ0n) is 16.4. The number of benzene rings is 2. The Bertz CT molecular complexity index is 795. The largest absolute Gasteiger partial charge is 0.497 e. The van der Waals surface area contributed by atoms with Crippen LogP contribution in [0.2, 0.25) is 0 Å². The van der Waals surface area contributed by atoms with E-state index in [0.717, 1.165) is 5.56 Å². The molecule has 0 fully saturated rings. The highest BCUT2D eigenvalue weighted by Crippen LogP contribution is 2.17. The van der Waals surface area contributed by atoms with Crippen LogP contribution in [0, 0.1) is 0 Å². The molecule has 0 radical (unpaired) electrons. The predicted molar refractivity (Wildman–Crippen MR) is 105 cm³/mol. The molecule has 0 aliphatic heterocycles. The number of carbonyl (C=O) groups excluding carboxylic acids is 2. The maximum absolute atomic E-state index is 12.4. The third-order valence-electron chi connectivity index (χ3n) is 3.66. The van der Waals surface area contributed by atoms with Crippen molar-refractivity contribution in [1.82, 2.24) is 4.90 Å². The molecule has 0 spiro atoms. The van der Waals surface area contributed by atoms with Crippen molar-refractivity contribution in [1.29, 1.82) is 0 Å². The first-order chi connectivity index (χ1) is 12.7. The maximum Gasteiger partial charge on any atom is 0.410 e. The molecule has 2 aromatic rings. The second-order valence-corrected chi connectivity index (χ2v) is 7.22. The number of amides is 2. The lowest BCUT2D eigenvalue weighted by Crippen LogP contribution is -2.33. The van der Waals surface area contributed by atoms with Gasteiger partial charge in [0.2, 0.25) is 0 Å². The van der Waals surface area contributed by atoms with Crippen LogP contribution < -0.4 is 10.1 Å². The van der Waals surface area contributed by atoms with E-state index in [4.69, 9.17) is 9.47 Å². The van der Waals surface area contributed by atoms with E-state index < -0.39 is 11.7 Å². The third kappa shape index (κ3) is 6.33. The summed E-state index contributed by atoms with van der Waals surface area (Å²) < 4.78 is 10.4. The molecule has 144 valence electrons. The van der Waals surface area contributed by atoms with Gasteiger partial charge in [-0.05, 0) is 62.7 Å². The van der Waals surface area contributed by atoms with Crippen molar-refractivity contribution >= 4 is 17.7 Å². The van der Waals surface area contributed by atoms with Gasteiger partial charge >= 0.3 is 6.09 Å². The van der Waals surface area contributed by atoms with Crippen LogP contribution in [0.1, 0.15) is 36.7 Å².